The monoisotopic (exact) mass is 350 g/mol. The van der Waals surface area contributed by atoms with Gasteiger partial charge >= 0.3 is 0 Å². The Kier molecular flexibility index (Phi) is 4.95. The second-order valence-corrected chi connectivity index (χ2v) is 6.40. The van der Waals surface area contributed by atoms with Crippen LogP contribution in [0.15, 0.2) is 53.1 Å². The normalized spacial score (nSPS) is 15.2. The molecule has 1 amide bonds. The molecule has 2 N–H and O–H groups in total. The third kappa shape index (κ3) is 3.61. The van der Waals surface area contributed by atoms with Crippen molar-refractivity contribution in [1.29, 1.82) is 0 Å². The SMILES string of the molecule is O=C(NCCN1CCNCC1)c1cc(-c2ccco2)nc2ccccc12. The van der Waals surface area contributed by atoms with Crippen LogP contribution in [0.3, 0.4) is 0 Å². The number of nitrogens with one attached hydrogen (secondary N) is 2. The van der Waals surface area contributed by atoms with E-state index in [9.17, 15) is 4.79 Å². The summed E-state index contributed by atoms with van der Waals surface area (Å²) in [5, 5.41) is 7.24. The van der Waals surface area contributed by atoms with Gasteiger partial charge in [-0.2, -0.15) is 0 Å². The first-order valence-corrected chi connectivity index (χ1v) is 8.96. The topological polar surface area (TPSA) is 70.4 Å². The van der Waals surface area contributed by atoms with Crippen LogP contribution < -0.4 is 10.6 Å². The predicted molar refractivity (Wildman–Crippen MR) is 101 cm³/mol. The number of piperazine rings is 1. The standard InChI is InChI=1S/C20H22N4O2/c25-20(22-9-12-24-10-7-21-8-11-24)16-14-18(19-6-3-13-26-19)23-17-5-2-1-4-15(16)17/h1-6,13-14,21H,7-12H2,(H,22,25). The Labute approximate surface area is 152 Å². The maximum atomic E-state index is 12.8. The Balaban J connectivity index is 1.55. The van der Waals surface area contributed by atoms with Crippen LogP contribution in [0.2, 0.25) is 0 Å². The average molecular weight is 350 g/mol. The number of aromatic nitrogens is 1. The van der Waals surface area contributed by atoms with E-state index in [0.717, 1.165) is 43.6 Å². The predicted octanol–water partition coefficient (Wildman–Crippen LogP) is 2.13. The fourth-order valence-electron chi connectivity index (χ4n) is 3.27. The zero-order chi connectivity index (χ0) is 17.8. The Hall–Kier alpha value is -2.70. The van der Waals surface area contributed by atoms with Crippen LogP contribution in [0.5, 0.6) is 0 Å². The van der Waals surface area contributed by atoms with Gasteiger partial charge in [-0.3, -0.25) is 9.69 Å². The molecule has 1 aliphatic rings. The van der Waals surface area contributed by atoms with Gasteiger partial charge < -0.3 is 15.1 Å². The maximum Gasteiger partial charge on any atom is 0.252 e. The molecule has 0 saturated carbocycles. The molecule has 4 rings (SSSR count). The summed E-state index contributed by atoms with van der Waals surface area (Å²) in [6, 6.07) is 13.2. The van der Waals surface area contributed by atoms with E-state index in [1.54, 1.807) is 12.3 Å². The summed E-state index contributed by atoms with van der Waals surface area (Å²) < 4.78 is 5.46. The highest BCUT2D eigenvalue weighted by Crippen LogP contribution is 2.25. The van der Waals surface area contributed by atoms with Crippen molar-refractivity contribution in [3.8, 4) is 11.5 Å². The lowest BCUT2D eigenvalue weighted by molar-refractivity contribution is 0.0949. The largest absolute Gasteiger partial charge is 0.463 e. The number of hydrogen-bond donors (Lipinski definition) is 2. The highest BCUT2D eigenvalue weighted by Gasteiger charge is 2.15. The molecule has 0 unspecified atom stereocenters. The van der Waals surface area contributed by atoms with E-state index in [-0.39, 0.29) is 5.91 Å². The molecule has 0 spiro atoms. The molecule has 26 heavy (non-hydrogen) atoms. The summed E-state index contributed by atoms with van der Waals surface area (Å²) in [7, 11) is 0. The number of carbonyl (C=O) groups excluding carboxylic acids is 1. The van der Waals surface area contributed by atoms with Gasteiger partial charge in [0.25, 0.3) is 5.91 Å². The number of nitrogens with zero attached hydrogens (tertiary/aromatic N) is 2. The third-order valence-corrected chi connectivity index (χ3v) is 4.66. The second-order valence-electron chi connectivity index (χ2n) is 6.40. The van der Waals surface area contributed by atoms with E-state index in [2.05, 4.69) is 20.5 Å². The molecular weight excluding hydrogens is 328 g/mol. The van der Waals surface area contributed by atoms with Crippen LogP contribution >= 0.6 is 0 Å². The average Bonchev–Trinajstić information content (AvgIpc) is 3.23. The van der Waals surface area contributed by atoms with E-state index < -0.39 is 0 Å². The van der Waals surface area contributed by atoms with E-state index in [4.69, 9.17) is 4.42 Å². The van der Waals surface area contributed by atoms with Gasteiger partial charge in [0.2, 0.25) is 0 Å². The summed E-state index contributed by atoms with van der Waals surface area (Å²) >= 11 is 0. The summed E-state index contributed by atoms with van der Waals surface area (Å²) in [5.41, 5.74) is 2.08. The van der Waals surface area contributed by atoms with Crippen LogP contribution in [0.1, 0.15) is 10.4 Å². The summed E-state index contributed by atoms with van der Waals surface area (Å²) in [6.07, 6.45) is 1.61. The molecule has 1 aromatic carbocycles. The fourth-order valence-corrected chi connectivity index (χ4v) is 3.27. The van der Waals surface area contributed by atoms with Gasteiger partial charge in [0.15, 0.2) is 5.76 Å². The van der Waals surface area contributed by atoms with E-state index in [0.29, 0.717) is 23.6 Å². The number of rotatable bonds is 5. The van der Waals surface area contributed by atoms with Gasteiger partial charge in [0.05, 0.1) is 17.3 Å². The number of carbonyl (C=O) groups is 1. The molecule has 1 saturated heterocycles. The highest BCUT2D eigenvalue weighted by atomic mass is 16.3. The van der Waals surface area contributed by atoms with Crippen molar-refractivity contribution >= 4 is 16.8 Å². The first-order valence-electron chi connectivity index (χ1n) is 8.96. The molecule has 134 valence electrons. The van der Waals surface area contributed by atoms with Crippen LogP contribution in [0, 0.1) is 0 Å². The Morgan fingerprint density at radius 1 is 1.19 bits per heavy atom. The van der Waals surface area contributed by atoms with E-state index in [1.807, 2.05) is 36.4 Å². The van der Waals surface area contributed by atoms with Gasteiger partial charge in [0, 0.05) is 44.7 Å². The Morgan fingerprint density at radius 3 is 2.85 bits per heavy atom. The summed E-state index contributed by atoms with van der Waals surface area (Å²) in [6.45, 7) is 5.56. The smallest absolute Gasteiger partial charge is 0.252 e. The lowest BCUT2D eigenvalue weighted by Crippen LogP contribution is -2.46. The summed E-state index contributed by atoms with van der Waals surface area (Å²) in [5.74, 6) is 0.581. The van der Waals surface area contributed by atoms with Crippen molar-refractivity contribution in [1.82, 2.24) is 20.5 Å². The lowest BCUT2D eigenvalue weighted by atomic mass is 10.1. The van der Waals surface area contributed by atoms with Crippen molar-refractivity contribution in [2.75, 3.05) is 39.3 Å². The fraction of sp³-hybridized carbons (Fsp3) is 0.300. The number of fused-ring (bicyclic) bond motifs is 1. The van der Waals surface area contributed by atoms with Crippen molar-refractivity contribution in [2.45, 2.75) is 0 Å². The molecular formula is C20H22N4O2. The molecule has 3 heterocycles. The molecule has 1 aliphatic heterocycles. The number of benzene rings is 1. The molecule has 1 fully saturated rings. The summed E-state index contributed by atoms with van der Waals surface area (Å²) in [4.78, 5) is 19.8. The zero-order valence-corrected chi connectivity index (χ0v) is 14.6. The minimum Gasteiger partial charge on any atom is -0.463 e. The number of amides is 1. The number of hydrogen-bond acceptors (Lipinski definition) is 5. The van der Waals surface area contributed by atoms with Crippen LogP contribution in [0.25, 0.3) is 22.4 Å². The molecule has 6 nitrogen and oxygen atoms in total. The number of para-hydroxylation sites is 1. The lowest BCUT2D eigenvalue weighted by Gasteiger charge is -2.27. The highest BCUT2D eigenvalue weighted by molar-refractivity contribution is 6.07. The third-order valence-electron chi connectivity index (χ3n) is 4.66. The van der Waals surface area contributed by atoms with Gasteiger partial charge in [-0.15, -0.1) is 0 Å². The Bertz CT molecular complexity index is 886. The molecule has 3 aromatic rings. The minimum absolute atomic E-state index is 0.0773. The molecule has 0 bridgehead atoms. The molecule has 2 aromatic heterocycles. The van der Waals surface area contributed by atoms with Gasteiger partial charge in [-0.05, 0) is 24.3 Å². The quantitative estimate of drug-likeness (QED) is 0.738. The first-order chi connectivity index (χ1) is 12.8. The number of furan rings is 1. The first kappa shape index (κ1) is 16.8. The molecule has 0 atom stereocenters. The number of pyridine rings is 1. The van der Waals surface area contributed by atoms with E-state index >= 15 is 0 Å². The van der Waals surface area contributed by atoms with Crippen LogP contribution in [-0.4, -0.2) is 55.1 Å². The zero-order valence-electron chi connectivity index (χ0n) is 14.6. The molecule has 0 radical (unpaired) electrons. The van der Waals surface area contributed by atoms with Gasteiger partial charge in [0.1, 0.15) is 5.69 Å². The Morgan fingerprint density at radius 2 is 2.04 bits per heavy atom. The maximum absolute atomic E-state index is 12.8. The minimum atomic E-state index is -0.0773. The van der Waals surface area contributed by atoms with Crippen molar-refractivity contribution < 1.29 is 9.21 Å². The van der Waals surface area contributed by atoms with Gasteiger partial charge in [-0.25, -0.2) is 4.98 Å². The van der Waals surface area contributed by atoms with Crippen LogP contribution in [-0.2, 0) is 0 Å². The second kappa shape index (κ2) is 7.68. The molecule has 6 heteroatoms. The van der Waals surface area contributed by atoms with Crippen LogP contribution in [0.4, 0.5) is 0 Å². The van der Waals surface area contributed by atoms with E-state index in [1.165, 1.54) is 0 Å². The molecule has 0 aliphatic carbocycles. The van der Waals surface area contributed by atoms with Crippen molar-refractivity contribution in [3.05, 3.63) is 54.3 Å². The van der Waals surface area contributed by atoms with Crippen molar-refractivity contribution in [3.63, 3.8) is 0 Å². The van der Waals surface area contributed by atoms with Crippen molar-refractivity contribution in [2.24, 2.45) is 0 Å². The van der Waals surface area contributed by atoms with Gasteiger partial charge in [-0.1, -0.05) is 18.2 Å².